The molecule has 5 unspecified atom stereocenters. The zero-order chi connectivity index (χ0) is 11.5. The number of hydrogen-bond donors (Lipinski definition) is 1. The zero-order valence-electron chi connectivity index (χ0n) is 9.81. The van der Waals surface area contributed by atoms with Crippen LogP contribution in [0, 0.1) is 29.1 Å². The normalized spacial score (nSPS) is 49.4. The van der Waals surface area contributed by atoms with E-state index in [1.807, 2.05) is 0 Å². The lowest BCUT2D eigenvalue weighted by molar-refractivity contribution is -0.142. The molecule has 4 aliphatic rings. The monoisotopic (exact) mass is 218 g/mol. The average Bonchev–Trinajstić information content (AvgIpc) is 2.73. The number of allylic oxidation sites excluding steroid dienone is 4. The van der Waals surface area contributed by atoms with Crippen LogP contribution in [0.2, 0.25) is 0 Å². The summed E-state index contributed by atoms with van der Waals surface area (Å²) in [7, 11) is 0. The maximum Gasteiger partial charge on any atom is 0.146 e. The van der Waals surface area contributed by atoms with Gasteiger partial charge < -0.3 is 5.11 Å². The van der Waals surface area contributed by atoms with Gasteiger partial charge in [-0.2, -0.15) is 0 Å². The lowest BCUT2D eigenvalue weighted by atomic mass is 9.48. The first-order valence-electron chi connectivity index (χ1n) is 6.11. The van der Waals surface area contributed by atoms with E-state index in [-0.39, 0.29) is 29.6 Å². The molecule has 0 amide bonds. The fraction of sp³-hybridized carbons (Fsp3) is 0.643. The molecule has 2 nitrogen and oxygen atoms in total. The lowest BCUT2D eigenvalue weighted by Crippen LogP contribution is -2.56. The molecule has 2 heteroatoms. The Morgan fingerprint density at radius 1 is 1.56 bits per heavy atom. The Balaban J connectivity index is 2.16. The van der Waals surface area contributed by atoms with Gasteiger partial charge in [0, 0.05) is 11.3 Å². The Kier molecular flexibility index (Phi) is 1.97. The molecular weight excluding hydrogens is 200 g/mol. The Morgan fingerprint density at radius 2 is 2.31 bits per heavy atom. The minimum Gasteiger partial charge on any atom is -0.396 e. The summed E-state index contributed by atoms with van der Waals surface area (Å²) in [5.41, 5.74) is 1.19. The molecular formula is C14H18O2. The van der Waals surface area contributed by atoms with E-state index in [0.717, 1.165) is 6.42 Å². The first kappa shape index (κ1) is 10.3. The van der Waals surface area contributed by atoms with Crippen molar-refractivity contribution >= 4 is 5.78 Å². The summed E-state index contributed by atoms with van der Waals surface area (Å²) in [5.74, 6) is 1.02. The molecule has 0 heterocycles. The third kappa shape index (κ3) is 0.945. The SMILES string of the molecule is CC1=CC2C(=O)C(CO)C1(C)C1CC=CC21. The molecule has 1 saturated carbocycles. The van der Waals surface area contributed by atoms with Crippen LogP contribution in [0.4, 0.5) is 0 Å². The summed E-state index contributed by atoms with van der Waals surface area (Å²) < 4.78 is 0. The maximum atomic E-state index is 12.3. The van der Waals surface area contributed by atoms with Crippen LogP contribution in [0.25, 0.3) is 0 Å². The summed E-state index contributed by atoms with van der Waals surface area (Å²) in [4.78, 5) is 12.3. The molecule has 4 aliphatic carbocycles. The Labute approximate surface area is 96.0 Å². The molecule has 16 heavy (non-hydrogen) atoms. The van der Waals surface area contributed by atoms with Gasteiger partial charge >= 0.3 is 0 Å². The molecule has 2 bridgehead atoms. The van der Waals surface area contributed by atoms with Crippen molar-refractivity contribution in [3.05, 3.63) is 23.8 Å². The van der Waals surface area contributed by atoms with Gasteiger partial charge in [-0.1, -0.05) is 30.7 Å². The molecule has 0 saturated heterocycles. The molecule has 0 aromatic carbocycles. The minimum absolute atomic E-state index is 0.000231. The highest BCUT2D eigenvalue weighted by atomic mass is 16.3. The van der Waals surface area contributed by atoms with Gasteiger partial charge in [-0.05, 0) is 25.2 Å². The highest BCUT2D eigenvalue weighted by Gasteiger charge is 2.59. The number of Topliss-reactive ketones (excluding diaryl/α,β-unsaturated/α-hetero) is 1. The maximum absolute atomic E-state index is 12.3. The average molecular weight is 218 g/mol. The van der Waals surface area contributed by atoms with Crippen LogP contribution in [-0.2, 0) is 4.79 Å². The summed E-state index contributed by atoms with van der Waals surface area (Å²) in [6, 6.07) is 0. The van der Waals surface area contributed by atoms with Crippen LogP contribution in [0.15, 0.2) is 23.8 Å². The summed E-state index contributed by atoms with van der Waals surface area (Å²) in [5, 5.41) is 9.52. The fourth-order valence-electron chi connectivity index (χ4n) is 4.15. The van der Waals surface area contributed by atoms with Crippen molar-refractivity contribution in [3.8, 4) is 0 Å². The van der Waals surface area contributed by atoms with E-state index < -0.39 is 0 Å². The standard InChI is InChI=1S/C14H18O2/c1-8-6-10-9-4-3-5-11(9)14(8,2)12(7-15)13(10)16/h3-4,6,9-12,15H,5,7H2,1-2H3. The van der Waals surface area contributed by atoms with Crippen molar-refractivity contribution in [3.63, 3.8) is 0 Å². The van der Waals surface area contributed by atoms with Crippen LogP contribution in [0.3, 0.4) is 0 Å². The van der Waals surface area contributed by atoms with Gasteiger partial charge in [-0.25, -0.2) is 0 Å². The Bertz CT molecular complexity index is 407. The molecule has 0 radical (unpaired) electrons. The highest BCUT2D eigenvalue weighted by Crippen LogP contribution is 2.60. The van der Waals surface area contributed by atoms with E-state index in [2.05, 4.69) is 32.1 Å². The molecule has 0 spiro atoms. The third-order valence-corrected chi connectivity index (χ3v) is 5.26. The molecule has 86 valence electrons. The van der Waals surface area contributed by atoms with E-state index >= 15 is 0 Å². The highest BCUT2D eigenvalue weighted by molar-refractivity contribution is 5.90. The predicted molar refractivity (Wildman–Crippen MR) is 61.7 cm³/mol. The smallest absolute Gasteiger partial charge is 0.146 e. The van der Waals surface area contributed by atoms with Crippen molar-refractivity contribution in [2.75, 3.05) is 6.61 Å². The van der Waals surface area contributed by atoms with E-state index in [9.17, 15) is 9.90 Å². The van der Waals surface area contributed by atoms with Crippen LogP contribution < -0.4 is 0 Å². The molecule has 0 aromatic rings. The molecule has 4 rings (SSSR count). The van der Waals surface area contributed by atoms with E-state index in [0.29, 0.717) is 11.8 Å². The fourth-order valence-corrected chi connectivity index (χ4v) is 4.15. The first-order chi connectivity index (χ1) is 7.60. The minimum atomic E-state index is -0.177. The largest absolute Gasteiger partial charge is 0.396 e. The molecule has 1 N–H and O–H groups in total. The molecule has 0 aromatic heterocycles. The van der Waals surface area contributed by atoms with E-state index in [4.69, 9.17) is 0 Å². The van der Waals surface area contributed by atoms with E-state index in [1.54, 1.807) is 0 Å². The number of fused-ring (bicyclic) bond motifs is 1. The number of rotatable bonds is 1. The molecule has 1 fully saturated rings. The Hall–Kier alpha value is -0.890. The Morgan fingerprint density at radius 3 is 3.00 bits per heavy atom. The lowest BCUT2D eigenvalue weighted by Gasteiger charge is -2.55. The number of aliphatic hydroxyl groups excluding tert-OH is 1. The molecule has 5 atom stereocenters. The van der Waals surface area contributed by atoms with Gasteiger partial charge in [0.25, 0.3) is 0 Å². The van der Waals surface area contributed by atoms with Gasteiger partial charge in [0.15, 0.2) is 0 Å². The van der Waals surface area contributed by atoms with E-state index in [1.165, 1.54) is 5.57 Å². The zero-order valence-corrected chi connectivity index (χ0v) is 9.81. The van der Waals surface area contributed by atoms with Crippen LogP contribution in [0.5, 0.6) is 0 Å². The van der Waals surface area contributed by atoms with Crippen LogP contribution >= 0.6 is 0 Å². The third-order valence-electron chi connectivity index (χ3n) is 5.26. The second-order valence-corrected chi connectivity index (χ2v) is 5.64. The first-order valence-corrected chi connectivity index (χ1v) is 6.11. The number of carbonyl (C=O) groups is 1. The predicted octanol–water partition coefficient (Wildman–Crippen LogP) is 1.95. The van der Waals surface area contributed by atoms with Crippen LogP contribution in [0.1, 0.15) is 20.3 Å². The van der Waals surface area contributed by atoms with Gasteiger partial charge in [0.2, 0.25) is 0 Å². The van der Waals surface area contributed by atoms with Crippen molar-refractivity contribution in [2.45, 2.75) is 20.3 Å². The van der Waals surface area contributed by atoms with Gasteiger partial charge in [-0.3, -0.25) is 4.79 Å². The number of ketones is 1. The summed E-state index contributed by atoms with van der Waals surface area (Å²) >= 11 is 0. The summed E-state index contributed by atoms with van der Waals surface area (Å²) in [6.45, 7) is 4.29. The second kappa shape index (κ2) is 3.07. The van der Waals surface area contributed by atoms with Gasteiger partial charge in [0.05, 0.1) is 12.5 Å². The van der Waals surface area contributed by atoms with Crippen molar-refractivity contribution in [1.82, 2.24) is 0 Å². The van der Waals surface area contributed by atoms with Crippen LogP contribution in [-0.4, -0.2) is 17.5 Å². The quantitative estimate of drug-likeness (QED) is 0.683. The number of carbonyl (C=O) groups excluding carboxylic acids is 1. The van der Waals surface area contributed by atoms with Gasteiger partial charge in [0.1, 0.15) is 5.78 Å². The molecule has 0 aliphatic heterocycles. The van der Waals surface area contributed by atoms with Gasteiger partial charge in [-0.15, -0.1) is 0 Å². The topological polar surface area (TPSA) is 37.3 Å². The van der Waals surface area contributed by atoms with Crippen molar-refractivity contribution < 1.29 is 9.90 Å². The number of hydrogen-bond acceptors (Lipinski definition) is 2. The van der Waals surface area contributed by atoms with Crippen molar-refractivity contribution in [1.29, 1.82) is 0 Å². The number of aliphatic hydroxyl groups is 1. The second-order valence-electron chi connectivity index (χ2n) is 5.64. The summed E-state index contributed by atoms with van der Waals surface area (Å²) in [6.07, 6.45) is 7.63. The van der Waals surface area contributed by atoms with Crippen molar-refractivity contribution in [2.24, 2.45) is 29.1 Å².